The van der Waals surface area contributed by atoms with Crippen molar-refractivity contribution >= 4 is 0 Å². The van der Waals surface area contributed by atoms with Crippen molar-refractivity contribution in [3.63, 3.8) is 0 Å². The Balaban J connectivity index is 1.91. The highest BCUT2D eigenvalue weighted by Gasteiger charge is 2.22. The van der Waals surface area contributed by atoms with E-state index in [1.54, 1.807) is 7.11 Å². The van der Waals surface area contributed by atoms with Crippen LogP contribution in [0.25, 0.3) is 0 Å². The van der Waals surface area contributed by atoms with Crippen molar-refractivity contribution < 1.29 is 9.84 Å². The van der Waals surface area contributed by atoms with Gasteiger partial charge in [0.25, 0.3) is 0 Å². The fourth-order valence-corrected chi connectivity index (χ4v) is 2.78. The van der Waals surface area contributed by atoms with Crippen LogP contribution in [0.1, 0.15) is 37.8 Å². The summed E-state index contributed by atoms with van der Waals surface area (Å²) in [6.07, 6.45) is 6.04. The van der Waals surface area contributed by atoms with Gasteiger partial charge in [0.15, 0.2) is 0 Å². The van der Waals surface area contributed by atoms with E-state index in [-0.39, 0.29) is 6.61 Å². The minimum atomic E-state index is 0.281. The molecule has 0 bridgehead atoms. The van der Waals surface area contributed by atoms with Gasteiger partial charge in [-0.15, -0.1) is 0 Å². The number of nitrogens with zero attached hydrogens (tertiary/aromatic N) is 1. The normalized spacial score (nSPS) is 23.9. The van der Waals surface area contributed by atoms with Crippen LogP contribution in [0, 0.1) is 5.92 Å². The van der Waals surface area contributed by atoms with Gasteiger partial charge in [-0.25, -0.2) is 4.98 Å². The average molecular weight is 264 g/mol. The van der Waals surface area contributed by atoms with Crippen LogP contribution < -0.4 is 10.1 Å². The zero-order chi connectivity index (χ0) is 13.5. The summed E-state index contributed by atoms with van der Waals surface area (Å²) in [6, 6.07) is 6.21. The number of aliphatic hydroxyl groups excluding tert-OH is 1. The summed E-state index contributed by atoms with van der Waals surface area (Å²) in [5, 5.41) is 13.0. The van der Waals surface area contributed by atoms with Gasteiger partial charge in [0.1, 0.15) is 0 Å². The molecule has 0 unspecified atom stereocenters. The van der Waals surface area contributed by atoms with E-state index in [0.29, 0.717) is 17.8 Å². The molecule has 1 saturated carbocycles. The number of aromatic nitrogens is 1. The second-order valence-corrected chi connectivity index (χ2v) is 5.24. The lowest BCUT2D eigenvalue weighted by atomic mass is 9.95. The van der Waals surface area contributed by atoms with E-state index in [1.807, 2.05) is 18.2 Å². The van der Waals surface area contributed by atoms with Gasteiger partial charge in [-0.3, -0.25) is 0 Å². The number of aliphatic hydroxyl groups is 1. The molecule has 0 spiro atoms. The molecule has 4 heteroatoms. The summed E-state index contributed by atoms with van der Waals surface area (Å²) < 4.78 is 5.13. The molecule has 1 heterocycles. The maximum atomic E-state index is 9.49. The van der Waals surface area contributed by atoms with Gasteiger partial charge >= 0.3 is 0 Å². The van der Waals surface area contributed by atoms with E-state index in [4.69, 9.17) is 4.74 Å². The van der Waals surface area contributed by atoms with Crippen LogP contribution in [0.5, 0.6) is 5.88 Å². The summed E-state index contributed by atoms with van der Waals surface area (Å²) in [5.74, 6) is 1.03. The zero-order valence-electron chi connectivity index (χ0n) is 11.6. The van der Waals surface area contributed by atoms with E-state index in [9.17, 15) is 5.11 Å². The first-order valence-electron chi connectivity index (χ1n) is 7.17. The monoisotopic (exact) mass is 264 g/mol. The summed E-state index contributed by atoms with van der Waals surface area (Å²) in [6.45, 7) is 1.02. The van der Waals surface area contributed by atoms with Crippen LogP contribution in [0.15, 0.2) is 18.2 Å². The molecule has 19 heavy (non-hydrogen) atoms. The maximum absolute atomic E-state index is 9.49. The number of nitrogens with one attached hydrogen (secondary N) is 1. The number of hydrogen-bond acceptors (Lipinski definition) is 4. The number of hydrogen-bond donors (Lipinski definition) is 2. The number of ether oxygens (including phenoxy) is 1. The van der Waals surface area contributed by atoms with Gasteiger partial charge in [0, 0.05) is 25.3 Å². The molecule has 2 N–H and O–H groups in total. The molecule has 0 saturated heterocycles. The topological polar surface area (TPSA) is 54.4 Å². The number of methoxy groups -OCH3 is 1. The Bertz CT molecular complexity index is 384. The Morgan fingerprint density at radius 2 is 2.16 bits per heavy atom. The van der Waals surface area contributed by atoms with Crippen LogP contribution in [-0.4, -0.2) is 29.8 Å². The fourth-order valence-electron chi connectivity index (χ4n) is 2.78. The second-order valence-electron chi connectivity index (χ2n) is 5.24. The van der Waals surface area contributed by atoms with Crippen molar-refractivity contribution in [2.45, 2.75) is 44.7 Å². The molecule has 106 valence electrons. The van der Waals surface area contributed by atoms with Crippen molar-refractivity contribution in [1.29, 1.82) is 0 Å². The van der Waals surface area contributed by atoms with Crippen molar-refractivity contribution in [2.75, 3.05) is 13.7 Å². The zero-order valence-corrected chi connectivity index (χ0v) is 11.6. The smallest absolute Gasteiger partial charge is 0.213 e. The van der Waals surface area contributed by atoms with Gasteiger partial charge in [-0.05, 0) is 24.8 Å². The molecule has 4 nitrogen and oxygen atoms in total. The van der Waals surface area contributed by atoms with Gasteiger partial charge in [-0.2, -0.15) is 0 Å². The van der Waals surface area contributed by atoms with Gasteiger partial charge in [0.2, 0.25) is 5.88 Å². The third-order valence-corrected chi connectivity index (χ3v) is 3.93. The molecule has 1 aliphatic carbocycles. The minimum absolute atomic E-state index is 0.281. The van der Waals surface area contributed by atoms with Gasteiger partial charge < -0.3 is 15.2 Å². The first kappa shape index (κ1) is 14.3. The molecular formula is C15H24N2O2. The maximum Gasteiger partial charge on any atom is 0.213 e. The Morgan fingerprint density at radius 3 is 2.95 bits per heavy atom. The largest absolute Gasteiger partial charge is 0.481 e. The van der Waals surface area contributed by atoms with E-state index in [1.165, 1.54) is 19.3 Å². The predicted octanol–water partition coefficient (Wildman–Crippen LogP) is 2.12. The summed E-state index contributed by atoms with van der Waals surface area (Å²) >= 11 is 0. The molecule has 0 radical (unpaired) electrons. The molecule has 0 aromatic carbocycles. The van der Waals surface area contributed by atoms with E-state index in [0.717, 1.165) is 25.1 Å². The van der Waals surface area contributed by atoms with E-state index >= 15 is 0 Å². The van der Waals surface area contributed by atoms with Crippen molar-refractivity contribution in [2.24, 2.45) is 5.92 Å². The third-order valence-electron chi connectivity index (χ3n) is 3.93. The van der Waals surface area contributed by atoms with Crippen LogP contribution in [0.4, 0.5) is 0 Å². The highest BCUT2D eigenvalue weighted by atomic mass is 16.5. The van der Waals surface area contributed by atoms with Crippen LogP contribution in [-0.2, 0) is 6.54 Å². The standard InChI is InChI=1S/C15H24N2O2/c1-19-15-9-5-7-13(17-15)10-16-14-8-4-2-3-6-12(14)11-18/h5,7,9,12,14,16,18H,2-4,6,8,10-11H2,1H3/t12-,14+/m0/s1. The average Bonchev–Trinajstić information content (AvgIpc) is 2.70. The molecule has 1 aromatic rings. The Hall–Kier alpha value is -1.13. The van der Waals surface area contributed by atoms with Gasteiger partial charge in [-0.1, -0.05) is 25.3 Å². The highest BCUT2D eigenvalue weighted by Crippen LogP contribution is 2.23. The number of pyridine rings is 1. The highest BCUT2D eigenvalue weighted by molar-refractivity contribution is 5.15. The Morgan fingerprint density at radius 1 is 1.32 bits per heavy atom. The molecule has 2 rings (SSSR count). The Labute approximate surface area is 115 Å². The van der Waals surface area contributed by atoms with Gasteiger partial charge in [0.05, 0.1) is 12.8 Å². The predicted molar refractivity (Wildman–Crippen MR) is 75.1 cm³/mol. The molecule has 1 fully saturated rings. The second kappa shape index (κ2) is 7.46. The molecule has 0 aliphatic heterocycles. The Kier molecular flexibility index (Phi) is 5.61. The lowest BCUT2D eigenvalue weighted by Crippen LogP contribution is -2.37. The van der Waals surface area contributed by atoms with E-state index < -0.39 is 0 Å². The van der Waals surface area contributed by atoms with Crippen LogP contribution in [0.2, 0.25) is 0 Å². The third kappa shape index (κ3) is 4.18. The van der Waals surface area contributed by atoms with E-state index in [2.05, 4.69) is 10.3 Å². The van der Waals surface area contributed by atoms with Crippen molar-refractivity contribution in [1.82, 2.24) is 10.3 Å². The lowest BCUT2D eigenvalue weighted by molar-refractivity contribution is 0.180. The molecule has 0 amide bonds. The van der Waals surface area contributed by atoms with Crippen LogP contribution in [0.3, 0.4) is 0 Å². The molecule has 1 aromatic heterocycles. The summed E-state index contributed by atoms with van der Waals surface area (Å²) in [7, 11) is 1.63. The fraction of sp³-hybridized carbons (Fsp3) is 0.667. The van der Waals surface area contributed by atoms with Crippen molar-refractivity contribution in [3.8, 4) is 5.88 Å². The minimum Gasteiger partial charge on any atom is -0.481 e. The lowest BCUT2D eigenvalue weighted by Gasteiger charge is -2.24. The molecular weight excluding hydrogens is 240 g/mol. The van der Waals surface area contributed by atoms with Crippen LogP contribution >= 0.6 is 0 Å². The SMILES string of the molecule is COc1cccc(CN[C@@H]2CCCCC[C@H]2CO)n1. The summed E-state index contributed by atoms with van der Waals surface area (Å²) in [5.41, 5.74) is 0.986. The molecule has 2 atom stereocenters. The number of rotatable bonds is 5. The molecule has 1 aliphatic rings. The first-order chi connectivity index (χ1) is 9.33. The quantitative estimate of drug-likeness (QED) is 0.800. The summed E-state index contributed by atoms with van der Waals surface area (Å²) in [4.78, 5) is 4.40. The van der Waals surface area contributed by atoms with Crippen molar-refractivity contribution in [3.05, 3.63) is 23.9 Å². The first-order valence-corrected chi connectivity index (χ1v) is 7.17.